The maximum absolute atomic E-state index is 11.1. The second-order valence-corrected chi connectivity index (χ2v) is 11.7. The van der Waals surface area contributed by atoms with E-state index < -0.39 is 31.7 Å². The van der Waals surface area contributed by atoms with E-state index >= 15 is 0 Å². The minimum absolute atomic E-state index is 0. The van der Waals surface area contributed by atoms with Gasteiger partial charge in [-0.3, -0.25) is 9.11 Å². The molecule has 0 aromatic heterocycles. The van der Waals surface area contributed by atoms with Crippen LogP contribution in [-0.2, 0) is 37.3 Å². The average molecular weight is 644 g/mol. The normalized spacial score (nSPS) is 11.8. The number of rotatable bonds is 2. The smallest absolute Gasteiger partial charge is 0.294 e. The Balaban J connectivity index is 0.000000184. The predicted molar refractivity (Wildman–Crippen MR) is 149 cm³/mol. The first kappa shape index (κ1) is 29.9. The van der Waals surface area contributed by atoms with Crippen LogP contribution >= 0.6 is 0 Å². The molecule has 0 spiro atoms. The summed E-state index contributed by atoms with van der Waals surface area (Å²) in [6.07, 6.45) is 0. The quantitative estimate of drug-likeness (QED) is 0.0625. The molecule has 6 aromatic rings. The van der Waals surface area contributed by atoms with Crippen molar-refractivity contribution < 1.29 is 63.4 Å². The molecule has 0 saturated carbocycles. The van der Waals surface area contributed by atoms with Crippen molar-refractivity contribution >= 4 is 63.3 Å². The van der Waals surface area contributed by atoms with E-state index in [-0.39, 0.29) is 49.1 Å². The van der Waals surface area contributed by atoms with Crippen LogP contribution in [0.2, 0.25) is 0 Å². The molecular formula is C28H20CuO10S2. The predicted octanol–water partition coefficient (Wildman–Crippen LogP) is 5.30. The third kappa shape index (κ3) is 5.34. The second-order valence-electron chi connectivity index (χ2n) is 8.85. The molecule has 1 radical (unpaired) electrons. The third-order valence-electron chi connectivity index (χ3n) is 6.48. The molecule has 0 aliphatic rings. The molecule has 0 fully saturated rings. The maximum atomic E-state index is 11.1. The van der Waals surface area contributed by atoms with Crippen molar-refractivity contribution in [3.8, 4) is 23.0 Å². The van der Waals surface area contributed by atoms with Crippen molar-refractivity contribution in [2.24, 2.45) is 0 Å². The molecule has 13 heteroatoms. The topological polar surface area (TPSA) is 190 Å². The van der Waals surface area contributed by atoms with Crippen LogP contribution in [0.5, 0.6) is 23.0 Å². The zero-order chi connectivity index (χ0) is 29.0. The molecule has 41 heavy (non-hydrogen) atoms. The van der Waals surface area contributed by atoms with E-state index in [2.05, 4.69) is 0 Å². The molecule has 6 N–H and O–H groups in total. The van der Waals surface area contributed by atoms with Crippen LogP contribution in [0, 0.1) is 0 Å². The van der Waals surface area contributed by atoms with Crippen LogP contribution < -0.4 is 0 Å². The molecule has 0 saturated heterocycles. The number of hydrogen-bond donors (Lipinski definition) is 6. The fourth-order valence-electron chi connectivity index (χ4n) is 4.59. The Morgan fingerprint density at radius 2 is 0.659 bits per heavy atom. The van der Waals surface area contributed by atoms with Gasteiger partial charge in [0.15, 0.2) is 23.0 Å². The molecule has 0 aliphatic heterocycles. The monoisotopic (exact) mass is 643 g/mol. The number of fused-ring (bicyclic) bond motifs is 6. The van der Waals surface area contributed by atoms with Gasteiger partial charge in [0.2, 0.25) is 0 Å². The van der Waals surface area contributed by atoms with Crippen molar-refractivity contribution in [1.29, 1.82) is 0 Å². The van der Waals surface area contributed by atoms with Gasteiger partial charge in [0.05, 0.1) is 9.79 Å². The largest absolute Gasteiger partial charge is 0.504 e. The molecule has 0 unspecified atom stereocenters. The van der Waals surface area contributed by atoms with Crippen molar-refractivity contribution in [3.63, 3.8) is 0 Å². The van der Waals surface area contributed by atoms with Gasteiger partial charge in [-0.2, -0.15) is 16.8 Å². The summed E-state index contributed by atoms with van der Waals surface area (Å²) >= 11 is 0. The van der Waals surface area contributed by atoms with Crippen molar-refractivity contribution in [2.75, 3.05) is 0 Å². The minimum atomic E-state index is -4.37. The van der Waals surface area contributed by atoms with Gasteiger partial charge in [-0.1, -0.05) is 60.7 Å². The van der Waals surface area contributed by atoms with E-state index in [1.807, 2.05) is 0 Å². The molecule has 0 amide bonds. The van der Waals surface area contributed by atoms with Crippen LogP contribution in [-0.4, -0.2) is 46.4 Å². The molecule has 10 nitrogen and oxygen atoms in total. The molecule has 215 valence electrons. The average Bonchev–Trinajstić information content (AvgIpc) is 2.93. The summed E-state index contributed by atoms with van der Waals surface area (Å²) in [5.41, 5.74) is 0. The van der Waals surface area contributed by atoms with Gasteiger partial charge < -0.3 is 20.4 Å². The van der Waals surface area contributed by atoms with Crippen molar-refractivity contribution in [2.45, 2.75) is 9.79 Å². The third-order valence-corrected chi connectivity index (χ3v) is 8.18. The molecule has 0 heterocycles. The molecular weight excluding hydrogens is 624 g/mol. The summed E-state index contributed by atoms with van der Waals surface area (Å²) in [7, 11) is -8.74. The van der Waals surface area contributed by atoms with E-state index in [9.17, 15) is 37.3 Å². The summed E-state index contributed by atoms with van der Waals surface area (Å²) in [6, 6.07) is 21.5. The summed E-state index contributed by atoms with van der Waals surface area (Å²) in [5.74, 6) is -1.46. The Morgan fingerprint density at radius 3 is 0.976 bits per heavy atom. The molecule has 0 aliphatic carbocycles. The molecule has 6 rings (SSSR count). The van der Waals surface area contributed by atoms with Crippen LogP contribution in [0.3, 0.4) is 0 Å². The number of aromatic hydroxyl groups is 4. The fourth-order valence-corrected chi connectivity index (χ4v) is 5.60. The van der Waals surface area contributed by atoms with Crippen LogP contribution in [0.4, 0.5) is 0 Å². The first-order valence-electron chi connectivity index (χ1n) is 11.5. The van der Waals surface area contributed by atoms with E-state index in [0.29, 0.717) is 32.3 Å². The van der Waals surface area contributed by atoms with Gasteiger partial charge >= 0.3 is 0 Å². The van der Waals surface area contributed by atoms with E-state index in [1.54, 1.807) is 48.5 Å². The fraction of sp³-hybridized carbons (Fsp3) is 0. The number of hydrogen-bond acceptors (Lipinski definition) is 8. The Morgan fingerprint density at radius 1 is 0.390 bits per heavy atom. The first-order valence-corrected chi connectivity index (χ1v) is 14.3. The Hall–Kier alpha value is -4.10. The Kier molecular flexibility index (Phi) is 7.80. The van der Waals surface area contributed by atoms with Crippen LogP contribution in [0.1, 0.15) is 0 Å². The SMILES string of the molecule is O=S(=O)(O)c1ccc2c(c1)c(O)c(O)c1ccccc12.O=S(=O)(O)c1ccc2c(c1)c(O)c(O)c1ccccc12.[Cu]. The zero-order valence-electron chi connectivity index (χ0n) is 20.5. The maximum Gasteiger partial charge on any atom is 0.294 e. The van der Waals surface area contributed by atoms with Gasteiger partial charge in [0, 0.05) is 38.6 Å². The van der Waals surface area contributed by atoms with E-state index in [4.69, 9.17) is 9.11 Å². The van der Waals surface area contributed by atoms with Crippen molar-refractivity contribution in [3.05, 3.63) is 84.9 Å². The standard InChI is InChI=1S/2C14H10O5S.Cu/c2*15-13-11-4-2-1-3-9(11)10-6-5-8(20(17,18)19)7-12(10)14(13)16;/h2*1-7,15-16H,(H,17,18,19);. The number of phenolic OH excluding ortho intramolecular Hbond substituents is 4. The minimum Gasteiger partial charge on any atom is -0.504 e. The summed E-state index contributed by atoms with van der Waals surface area (Å²) < 4.78 is 62.7. The number of phenols is 4. The van der Waals surface area contributed by atoms with Crippen LogP contribution in [0.25, 0.3) is 43.1 Å². The van der Waals surface area contributed by atoms with Crippen LogP contribution in [0.15, 0.2) is 94.7 Å². The molecule has 0 bridgehead atoms. The zero-order valence-corrected chi connectivity index (χ0v) is 23.1. The van der Waals surface area contributed by atoms with Gasteiger partial charge in [-0.05, 0) is 45.8 Å². The van der Waals surface area contributed by atoms with Gasteiger partial charge in [-0.25, -0.2) is 0 Å². The first-order chi connectivity index (χ1) is 18.8. The summed E-state index contributed by atoms with van der Waals surface area (Å²) in [6.45, 7) is 0. The van der Waals surface area contributed by atoms with Gasteiger partial charge in [0.25, 0.3) is 20.2 Å². The number of benzene rings is 6. The van der Waals surface area contributed by atoms with Crippen molar-refractivity contribution in [1.82, 2.24) is 0 Å². The summed E-state index contributed by atoms with van der Waals surface area (Å²) in [5, 5.41) is 43.8. The van der Waals surface area contributed by atoms with Gasteiger partial charge in [-0.15, -0.1) is 0 Å². The second kappa shape index (κ2) is 10.7. The summed E-state index contributed by atoms with van der Waals surface area (Å²) in [4.78, 5) is -0.676. The Labute approximate surface area is 243 Å². The van der Waals surface area contributed by atoms with E-state index in [1.165, 1.54) is 24.3 Å². The molecule has 6 aromatic carbocycles. The molecule has 0 atom stereocenters. The van der Waals surface area contributed by atoms with E-state index in [0.717, 1.165) is 12.1 Å². The Bertz CT molecular complexity index is 2050. The van der Waals surface area contributed by atoms with Gasteiger partial charge in [0.1, 0.15) is 0 Å².